The van der Waals surface area contributed by atoms with E-state index in [0.717, 1.165) is 5.56 Å². The van der Waals surface area contributed by atoms with Crippen LogP contribution >= 0.6 is 11.3 Å². The van der Waals surface area contributed by atoms with Crippen LogP contribution in [-0.4, -0.2) is 61.0 Å². The van der Waals surface area contributed by atoms with Gasteiger partial charge in [-0.15, -0.1) is 11.3 Å². The van der Waals surface area contributed by atoms with Gasteiger partial charge in [0.05, 0.1) is 35.2 Å². The highest BCUT2D eigenvalue weighted by Crippen LogP contribution is 2.25. The molecular formula is C27H25F2N5O4S2. The first kappa shape index (κ1) is 27.8. The Balaban J connectivity index is 1.53. The normalized spacial score (nSPS) is 15.5. The number of hydrogen-bond donors (Lipinski definition) is 0. The highest BCUT2D eigenvalue weighted by molar-refractivity contribution is 7.89. The molecule has 2 aromatic heterocycles. The van der Waals surface area contributed by atoms with Gasteiger partial charge in [0.25, 0.3) is 0 Å². The van der Waals surface area contributed by atoms with E-state index < -0.39 is 16.6 Å². The summed E-state index contributed by atoms with van der Waals surface area (Å²) in [5.41, 5.74) is 3.43. The fraction of sp³-hybridized carbons (Fsp3) is 0.222. The molecule has 0 spiro atoms. The highest BCUT2D eigenvalue weighted by Gasteiger charge is 2.26. The molecule has 1 fully saturated rings. The van der Waals surface area contributed by atoms with E-state index in [1.807, 2.05) is 24.4 Å². The molecule has 3 heterocycles. The van der Waals surface area contributed by atoms with Crippen molar-refractivity contribution < 1.29 is 26.7 Å². The Hall–Kier alpha value is -3.78. The Morgan fingerprint density at radius 2 is 1.80 bits per heavy atom. The van der Waals surface area contributed by atoms with Gasteiger partial charge in [0.1, 0.15) is 5.75 Å². The molecule has 40 heavy (non-hydrogen) atoms. The molecule has 208 valence electrons. The van der Waals surface area contributed by atoms with E-state index in [-0.39, 0.29) is 10.6 Å². The van der Waals surface area contributed by atoms with E-state index in [4.69, 9.17) is 14.8 Å². The summed E-state index contributed by atoms with van der Waals surface area (Å²) in [6.45, 7) is 0.304. The van der Waals surface area contributed by atoms with Crippen LogP contribution < -0.4 is 9.54 Å². The molecule has 0 aliphatic carbocycles. The number of pyridine rings is 1. The van der Waals surface area contributed by atoms with E-state index in [1.54, 1.807) is 41.3 Å². The van der Waals surface area contributed by atoms with Crippen molar-refractivity contribution in [2.24, 2.45) is 10.1 Å². The minimum absolute atomic E-state index is 0.0487. The van der Waals surface area contributed by atoms with Gasteiger partial charge in [0.15, 0.2) is 0 Å². The first-order valence-corrected chi connectivity index (χ1v) is 14.6. The molecule has 13 heteroatoms. The highest BCUT2D eigenvalue weighted by atomic mass is 32.2. The van der Waals surface area contributed by atoms with E-state index in [9.17, 15) is 17.2 Å². The molecule has 0 amide bonds. The van der Waals surface area contributed by atoms with Crippen LogP contribution in [-0.2, 0) is 14.8 Å². The lowest BCUT2D eigenvalue weighted by molar-refractivity contribution is -0.0498. The minimum atomic E-state index is -3.63. The van der Waals surface area contributed by atoms with Crippen molar-refractivity contribution in [1.29, 1.82) is 0 Å². The zero-order valence-electron chi connectivity index (χ0n) is 21.4. The summed E-state index contributed by atoms with van der Waals surface area (Å²) in [7, 11) is -3.63. The van der Waals surface area contributed by atoms with Gasteiger partial charge in [0, 0.05) is 42.0 Å². The number of aromatic nitrogens is 2. The molecule has 0 bridgehead atoms. The van der Waals surface area contributed by atoms with Crippen molar-refractivity contribution >= 4 is 32.8 Å². The summed E-state index contributed by atoms with van der Waals surface area (Å²) in [6, 6.07) is 16.3. The molecule has 9 nitrogen and oxygen atoms in total. The van der Waals surface area contributed by atoms with Gasteiger partial charge in [-0.3, -0.25) is 4.98 Å². The lowest BCUT2D eigenvalue weighted by Crippen LogP contribution is -2.40. The van der Waals surface area contributed by atoms with Crippen molar-refractivity contribution in [1.82, 2.24) is 14.0 Å². The first-order valence-electron chi connectivity index (χ1n) is 12.3. The van der Waals surface area contributed by atoms with Crippen LogP contribution in [0.2, 0.25) is 0 Å². The molecule has 2 aromatic carbocycles. The number of hydrogen-bond acceptors (Lipinski definition) is 8. The summed E-state index contributed by atoms with van der Waals surface area (Å²) in [5, 5.41) is 6.66. The molecule has 1 aliphatic heterocycles. The summed E-state index contributed by atoms with van der Waals surface area (Å²) >= 11 is 1.33. The van der Waals surface area contributed by atoms with E-state index in [0.29, 0.717) is 53.8 Å². The Morgan fingerprint density at radius 3 is 2.45 bits per heavy atom. The number of alkyl halides is 2. The number of ether oxygens (including phenoxy) is 2. The molecule has 1 saturated heterocycles. The molecule has 0 saturated carbocycles. The van der Waals surface area contributed by atoms with Crippen molar-refractivity contribution in [3.05, 3.63) is 88.8 Å². The lowest BCUT2D eigenvalue weighted by atomic mass is 10.2. The average molecular weight is 586 g/mol. The molecule has 5 rings (SSSR count). The molecule has 0 unspecified atom stereocenters. The second-order valence-electron chi connectivity index (χ2n) is 8.67. The topological polar surface area (TPSA) is 98.4 Å². The van der Waals surface area contributed by atoms with E-state index in [2.05, 4.69) is 9.72 Å². The van der Waals surface area contributed by atoms with Crippen LogP contribution in [0, 0.1) is 0 Å². The third kappa shape index (κ3) is 6.33. The number of nitrogens with zero attached hydrogens (tertiary/aromatic N) is 5. The molecule has 1 aliphatic rings. The molecule has 0 N–H and O–H groups in total. The summed E-state index contributed by atoms with van der Waals surface area (Å²) in [5.74, 6) is 0.0487. The Labute approximate surface area is 233 Å². The fourth-order valence-corrected chi connectivity index (χ4v) is 6.26. The predicted molar refractivity (Wildman–Crippen MR) is 147 cm³/mol. The monoisotopic (exact) mass is 585 g/mol. The number of sulfonamides is 1. The van der Waals surface area contributed by atoms with E-state index >= 15 is 0 Å². The van der Waals surface area contributed by atoms with Crippen LogP contribution in [0.25, 0.3) is 11.3 Å². The number of benzene rings is 2. The van der Waals surface area contributed by atoms with Gasteiger partial charge in [-0.2, -0.15) is 18.2 Å². The maximum Gasteiger partial charge on any atom is 0.387 e. The average Bonchev–Trinajstić information content (AvgIpc) is 3.36. The Morgan fingerprint density at radius 1 is 1.07 bits per heavy atom. The van der Waals surface area contributed by atoms with E-state index in [1.165, 1.54) is 39.9 Å². The van der Waals surface area contributed by atoms with Crippen molar-refractivity contribution in [3.8, 4) is 17.0 Å². The second-order valence-corrected chi connectivity index (χ2v) is 11.4. The number of morpholine rings is 1. The molecular weight excluding hydrogens is 560 g/mol. The summed E-state index contributed by atoms with van der Waals surface area (Å²) < 4.78 is 64.0. The van der Waals surface area contributed by atoms with Crippen LogP contribution in [0.15, 0.2) is 93.4 Å². The van der Waals surface area contributed by atoms with Gasteiger partial charge in [0.2, 0.25) is 14.8 Å². The third-order valence-corrected chi connectivity index (χ3v) is 8.79. The van der Waals surface area contributed by atoms with Crippen LogP contribution in [0.4, 0.5) is 14.5 Å². The van der Waals surface area contributed by atoms with Crippen LogP contribution in [0.3, 0.4) is 0 Å². The molecule has 4 aromatic rings. The van der Waals surface area contributed by atoms with Crippen molar-refractivity contribution in [2.75, 3.05) is 26.3 Å². The first-order chi connectivity index (χ1) is 19.3. The van der Waals surface area contributed by atoms with Gasteiger partial charge >= 0.3 is 6.61 Å². The van der Waals surface area contributed by atoms with Crippen molar-refractivity contribution in [2.45, 2.75) is 18.4 Å². The van der Waals surface area contributed by atoms with Gasteiger partial charge in [-0.05, 0) is 61.5 Å². The summed E-state index contributed by atoms with van der Waals surface area (Å²) in [4.78, 5) is 9.60. The standard InChI is InChI=1S/C27H25F2N5O4S2/c1-19(21-3-2-12-30-17-21)32-34-25(20-4-8-23(9-5-20)38-26(28)29)18-39-27(34)31-22-6-10-24(11-7-22)40(35,36)33-13-15-37-16-14-33/h2-12,17-18,26H,13-16H2,1H3/b31-27?,32-19+. The quantitative estimate of drug-likeness (QED) is 0.278. The summed E-state index contributed by atoms with van der Waals surface area (Å²) in [6.07, 6.45) is 3.37. The van der Waals surface area contributed by atoms with Gasteiger partial charge < -0.3 is 9.47 Å². The fourth-order valence-electron chi connectivity index (χ4n) is 4.00. The van der Waals surface area contributed by atoms with Crippen molar-refractivity contribution in [3.63, 3.8) is 0 Å². The van der Waals surface area contributed by atoms with Gasteiger partial charge in [-0.1, -0.05) is 6.07 Å². The second kappa shape index (κ2) is 12.2. The smallest absolute Gasteiger partial charge is 0.387 e. The van der Waals surface area contributed by atoms with Crippen LogP contribution in [0.1, 0.15) is 12.5 Å². The zero-order chi connectivity index (χ0) is 28.1. The minimum Gasteiger partial charge on any atom is -0.435 e. The Kier molecular flexibility index (Phi) is 8.45. The van der Waals surface area contributed by atoms with Crippen LogP contribution in [0.5, 0.6) is 5.75 Å². The SMILES string of the molecule is C/C(=N\n1c(-c2ccc(OC(F)F)cc2)csc1=Nc1ccc(S(=O)(=O)N2CCOCC2)cc1)c1cccnc1. The lowest BCUT2D eigenvalue weighted by Gasteiger charge is -2.26. The maximum absolute atomic E-state index is 13.0. The molecule has 0 radical (unpaired) electrons. The largest absolute Gasteiger partial charge is 0.435 e. The molecule has 0 atom stereocenters. The number of rotatable bonds is 8. The number of halogens is 2. The third-order valence-electron chi connectivity index (χ3n) is 6.06. The Bertz CT molecular complexity index is 1650. The van der Waals surface area contributed by atoms with Gasteiger partial charge in [-0.25, -0.2) is 18.1 Å². The predicted octanol–water partition coefficient (Wildman–Crippen LogP) is 4.74. The number of thiazole rings is 1. The maximum atomic E-state index is 13.0. The zero-order valence-corrected chi connectivity index (χ0v) is 23.0.